The van der Waals surface area contributed by atoms with Gasteiger partial charge in [0.25, 0.3) is 0 Å². The number of carbonyl (C=O) groups is 1. The second kappa shape index (κ2) is 10.4. The highest BCUT2D eigenvalue weighted by molar-refractivity contribution is 8.00. The van der Waals surface area contributed by atoms with Crippen LogP contribution in [0.3, 0.4) is 0 Å². The van der Waals surface area contributed by atoms with Crippen molar-refractivity contribution in [2.45, 2.75) is 68.6 Å². The van der Waals surface area contributed by atoms with Crippen molar-refractivity contribution in [2.75, 3.05) is 0 Å². The molecule has 0 aliphatic heterocycles. The van der Waals surface area contributed by atoms with Crippen LogP contribution < -0.4 is 10.1 Å². The van der Waals surface area contributed by atoms with Crippen molar-refractivity contribution in [3.05, 3.63) is 48.6 Å². The molecule has 6 nitrogen and oxygen atoms in total. The molecule has 8 heteroatoms. The number of hydrogen-bond donors (Lipinski definition) is 1. The van der Waals surface area contributed by atoms with Crippen LogP contribution in [0, 0.1) is 5.82 Å². The maximum Gasteiger partial charge on any atom is 0.233 e. The van der Waals surface area contributed by atoms with E-state index in [-0.39, 0.29) is 29.6 Å². The number of aromatic nitrogens is 3. The number of nitrogens with zero attached hydrogens (tertiary/aromatic N) is 3. The molecule has 1 saturated carbocycles. The number of ether oxygens (including phenoxy) is 1. The second-order valence-corrected chi connectivity index (χ2v) is 8.43. The number of nitrogens with one attached hydrogen (secondary N) is 1. The highest BCUT2D eigenvalue weighted by Gasteiger charge is 2.23. The quantitative estimate of drug-likeness (QED) is 0.490. The third-order valence-corrected chi connectivity index (χ3v) is 5.98. The van der Waals surface area contributed by atoms with Gasteiger partial charge >= 0.3 is 0 Å². The van der Waals surface area contributed by atoms with Crippen molar-refractivity contribution in [1.29, 1.82) is 0 Å². The van der Waals surface area contributed by atoms with Gasteiger partial charge in [-0.25, -0.2) is 4.39 Å². The van der Waals surface area contributed by atoms with Crippen molar-refractivity contribution >= 4 is 17.7 Å². The highest BCUT2D eigenvalue weighted by atomic mass is 32.2. The fraction of sp³-hybridized carbons (Fsp3) is 0.476. The number of para-hydroxylation sites is 1. The lowest BCUT2D eigenvalue weighted by molar-refractivity contribution is -0.121. The van der Waals surface area contributed by atoms with Crippen LogP contribution in [0.25, 0.3) is 0 Å². The summed E-state index contributed by atoms with van der Waals surface area (Å²) in [6, 6.07) is 6.50. The lowest BCUT2D eigenvalue weighted by Crippen LogP contribution is -2.40. The lowest BCUT2D eigenvalue weighted by Gasteiger charge is -2.24. The van der Waals surface area contributed by atoms with Crippen LogP contribution in [-0.2, 0) is 17.9 Å². The molecule has 1 aliphatic carbocycles. The van der Waals surface area contributed by atoms with Crippen LogP contribution in [0.15, 0.2) is 42.1 Å². The van der Waals surface area contributed by atoms with Crippen LogP contribution >= 0.6 is 11.8 Å². The van der Waals surface area contributed by atoms with Crippen molar-refractivity contribution in [3.63, 3.8) is 0 Å². The fourth-order valence-corrected chi connectivity index (χ4v) is 4.19. The van der Waals surface area contributed by atoms with E-state index in [4.69, 9.17) is 4.74 Å². The minimum absolute atomic E-state index is 0.0132. The summed E-state index contributed by atoms with van der Waals surface area (Å²) in [7, 11) is 0. The smallest absolute Gasteiger partial charge is 0.233 e. The summed E-state index contributed by atoms with van der Waals surface area (Å²) in [5, 5.41) is 11.8. The van der Waals surface area contributed by atoms with Crippen LogP contribution in [0.1, 0.15) is 44.9 Å². The van der Waals surface area contributed by atoms with Crippen molar-refractivity contribution in [3.8, 4) is 5.75 Å². The lowest BCUT2D eigenvalue weighted by atomic mass is 9.95. The van der Waals surface area contributed by atoms with E-state index in [1.807, 2.05) is 11.5 Å². The minimum atomic E-state index is -0.426. The summed E-state index contributed by atoms with van der Waals surface area (Å²) >= 11 is 1.35. The summed E-state index contributed by atoms with van der Waals surface area (Å²) in [6.45, 7) is 6.19. The van der Waals surface area contributed by atoms with Crippen molar-refractivity contribution < 1.29 is 13.9 Å². The van der Waals surface area contributed by atoms with Gasteiger partial charge in [-0.1, -0.05) is 49.2 Å². The Labute approximate surface area is 174 Å². The van der Waals surface area contributed by atoms with Gasteiger partial charge in [-0.05, 0) is 31.9 Å². The van der Waals surface area contributed by atoms with Gasteiger partial charge in [0.05, 0.1) is 5.25 Å². The molecule has 29 heavy (non-hydrogen) atoms. The topological polar surface area (TPSA) is 69.0 Å². The zero-order valence-corrected chi connectivity index (χ0v) is 17.5. The number of carbonyl (C=O) groups excluding carboxylic acids is 1. The third-order valence-electron chi connectivity index (χ3n) is 4.90. The first-order chi connectivity index (χ1) is 14.1. The van der Waals surface area contributed by atoms with Crippen LogP contribution in [0.5, 0.6) is 5.75 Å². The number of halogens is 1. The van der Waals surface area contributed by atoms with Gasteiger partial charge in [-0.3, -0.25) is 9.36 Å². The van der Waals surface area contributed by atoms with E-state index in [1.165, 1.54) is 37.1 Å². The Bertz CT molecular complexity index is 836. The number of allylic oxidation sites excluding steroid dienone is 1. The van der Waals surface area contributed by atoms with Gasteiger partial charge in [0.1, 0.15) is 6.61 Å². The molecule has 156 valence electrons. The van der Waals surface area contributed by atoms with Crippen LogP contribution in [0.2, 0.25) is 0 Å². The molecule has 2 aromatic rings. The summed E-state index contributed by atoms with van der Waals surface area (Å²) in [6.07, 6.45) is 7.42. The Morgan fingerprint density at radius 3 is 2.86 bits per heavy atom. The summed E-state index contributed by atoms with van der Waals surface area (Å²) in [4.78, 5) is 12.6. The summed E-state index contributed by atoms with van der Waals surface area (Å²) in [5.74, 6) is 0.301. The number of rotatable bonds is 9. The zero-order chi connectivity index (χ0) is 20.6. The molecule has 1 aromatic heterocycles. The van der Waals surface area contributed by atoms with Gasteiger partial charge < -0.3 is 10.1 Å². The maximum atomic E-state index is 13.8. The highest BCUT2D eigenvalue weighted by Crippen LogP contribution is 2.25. The first-order valence-corrected chi connectivity index (χ1v) is 10.8. The van der Waals surface area contributed by atoms with Crippen LogP contribution in [-0.4, -0.2) is 32.0 Å². The van der Waals surface area contributed by atoms with Gasteiger partial charge in [0.15, 0.2) is 22.5 Å². The number of amides is 1. The van der Waals surface area contributed by atoms with E-state index < -0.39 is 5.82 Å². The van der Waals surface area contributed by atoms with E-state index in [0.29, 0.717) is 17.5 Å². The number of benzene rings is 1. The molecule has 1 atom stereocenters. The molecular formula is C21H27FN4O2S. The summed E-state index contributed by atoms with van der Waals surface area (Å²) < 4.78 is 21.2. The molecule has 1 aromatic carbocycles. The molecule has 1 unspecified atom stereocenters. The third kappa shape index (κ3) is 5.82. The normalized spacial score (nSPS) is 15.7. The Hall–Kier alpha value is -2.35. The largest absolute Gasteiger partial charge is 0.483 e. The van der Waals surface area contributed by atoms with Crippen LogP contribution in [0.4, 0.5) is 4.39 Å². The molecule has 1 amide bonds. The molecule has 0 saturated heterocycles. The molecule has 0 radical (unpaired) electrons. The molecule has 1 N–H and O–H groups in total. The minimum Gasteiger partial charge on any atom is -0.483 e. The molecule has 3 rings (SSSR count). The first-order valence-electron chi connectivity index (χ1n) is 9.95. The zero-order valence-electron chi connectivity index (χ0n) is 16.6. The number of thioether (sulfide) groups is 1. The van der Waals surface area contributed by atoms with Crippen molar-refractivity contribution in [2.24, 2.45) is 0 Å². The Balaban J connectivity index is 1.63. The standard InChI is InChI=1S/C21H27FN4O2S/c1-3-13-26-19(14-28-18-12-8-7-11-17(18)22)24-25-21(26)29-15(2)20(27)23-16-9-5-4-6-10-16/h3,7-8,11-12,15-16H,1,4-6,9-10,13-14H2,2H3,(H,23,27). The number of hydrogen-bond acceptors (Lipinski definition) is 5. The molecule has 1 aliphatic rings. The Kier molecular flexibility index (Phi) is 7.69. The predicted molar refractivity (Wildman–Crippen MR) is 111 cm³/mol. The molecule has 1 heterocycles. The first kappa shape index (κ1) is 21.4. The van der Waals surface area contributed by atoms with Gasteiger partial charge in [0, 0.05) is 12.6 Å². The van der Waals surface area contributed by atoms with E-state index in [2.05, 4.69) is 22.1 Å². The van der Waals surface area contributed by atoms with E-state index in [9.17, 15) is 9.18 Å². The molecule has 0 spiro atoms. The Morgan fingerprint density at radius 2 is 2.14 bits per heavy atom. The maximum absolute atomic E-state index is 13.8. The van der Waals surface area contributed by atoms with E-state index >= 15 is 0 Å². The molecule has 1 fully saturated rings. The average molecular weight is 419 g/mol. The fourth-order valence-electron chi connectivity index (χ4n) is 3.31. The van der Waals surface area contributed by atoms with E-state index in [1.54, 1.807) is 24.3 Å². The Morgan fingerprint density at radius 1 is 1.38 bits per heavy atom. The molecule has 0 bridgehead atoms. The predicted octanol–water partition coefficient (Wildman–Crippen LogP) is 4.11. The average Bonchev–Trinajstić information content (AvgIpc) is 3.10. The van der Waals surface area contributed by atoms with Gasteiger partial charge in [0.2, 0.25) is 5.91 Å². The SMILES string of the molecule is C=CCn1c(COc2ccccc2F)nnc1SC(C)C(=O)NC1CCCCC1. The second-order valence-electron chi connectivity index (χ2n) is 7.12. The van der Waals surface area contributed by atoms with Gasteiger partial charge in [-0.2, -0.15) is 0 Å². The van der Waals surface area contributed by atoms with E-state index in [0.717, 1.165) is 12.8 Å². The van der Waals surface area contributed by atoms with Gasteiger partial charge in [-0.15, -0.1) is 16.8 Å². The molecular weight excluding hydrogens is 391 g/mol. The van der Waals surface area contributed by atoms with Crippen molar-refractivity contribution in [1.82, 2.24) is 20.1 Å². The summed E-state index contributed by atoms with van der Waals surface area (Å²) in [5.41, 5.74) is 0. The monoisotopic (exact) mass is 418 g/mol.